The number of nitrogens with one attached hydrogen (secondary N) is 1. The van der Waals surface area contributed by atoms with Gasteiger partial charge < -0.3 is 10.4 Å². The average molecular weight is 212 g/mol. The van der Waals surface area contributed by atoms with Gasteiger partial charge in [0.2, 0.25) is 0 Å². The van der Waals surface area contributed by atoms with Gasteiger partial charge in [-0.1, -0.05) is 0 Å². The molecule has 1 aromatic heterocycles. The van der Waals surface area contributed by atoms with Crippen molar-refractivity contribution < 1.29 is 5.11 Å². The molecule has 1 unspecified atom stereocenters. The van der Waals surface area contributed by atoms with Crippen molar-refractivity contribution in [3.05, 3.63) is 12.2 Å². The van der Waals surface area contributed by atoms with E-state index in [2.05, 4.69) is 22.3 Å². The molecule has 0 saturated carbocycles. The summed E-state index contributed by atoms with van der Waals surface area (Å²) in [5.74, 6) is 0.966. The van der Waals surface area contributed by atoms with Crippen LogP contribution >= 0.6 is 0 Å². The van der Waals surface area contributed by atoms with Gasteiger partial charge in [-0.15, -0.1) is 0 Å². The lowest BCUT2D eigenvalue weighted by molar-refractivity contribution is 0.276. The maximum absolute atomic E-state index is 8.70. The Morgan fingerprint density at radius 3 is 3.07 bits per heavy atom. The number of hydrogen-bond donors (Lipinski definition) is 2. The van der Waals surface area contributed by atoms with Crippen LogP contribution in [-0.4, -0.2) is 32.5 Å². The van der Waals surface area contributed by atoms with E-state index < -0.39 is 0 Å². The van der Waals surface area contributed by atoms with E-state index in [0.717, 1.165) is 31.8 Å². The molecule has 0 aliphatic heterocycles. The van der Waals surface area contributed by atoms with Crippen LogP contribution in [0.1, 0.15) is 32.5 Å². The molecule has 0 aliphatic carbocycles. The minimum atomic E-state index is 0.261. The molecular weight excluding hydrogens is 192 g/mol. The molecule has 15 heavy (non-hydrogen) atoms. The number of aliphatic hydroxyl groups is 1. The van der Waals surface area contributed by atoms with Gasteiger partial charge in [-0.2, -0.15) is 5.10 Å². The number of rotatable bonds is 7. The lowest BCUT2D eigenvalue weighted by atomic mass is 10.2. The van der Waals surface area contributed by atoms with Crippen LogP contribution in [0, 0.1) is 0 Å². The first-order chi connectivity index (χ1) is 7.27. The summed E-state index contributed by atoms with van der Waals surface area (Å²) in [6.07, 6.45) is 3.41. The Morgan fingerprint density at radius 2 is 2.40 bits per heavy atom. The second-order valence-corrected chi connectivity index (χ2v) is 3.64. The van der Waals surface area contributed by atoms with E-state index in [1.54, 1.807) is 6.33 Å². The Hall–Kier alpha value is -0.940. The van der Waals surface area contributed by atoms with Crippen molar-refractivity contribution in [3.63, 3.8) is 0 Å². The molecule has 1 heterocycles. The molecule has 0 spiro atoms. The van der Waals surface area contributed by atoms with Crippen LogP contribution in [0.4, 0.5) is 0 Å². The minimum Gasteiger partial charge on any atom is -0.396 e. The zero-order valence-electron chi connectivity index (χ0n) is 9.48. The molecule has 0 aromatic carbocycles. The zero-order valence-corrected chi connectivity index (χ0v) is 9.48. The summed E-state index contributed by atoms with van der Waals surface area (Å²) < 4.78 is 1.88. The van der Waals surface area contributed by atoms with Crippen molar-refractivity contribution in [2.45, 2.75) is 45.8 Å². The summed E-state index contributed by atoms with van der Waals surface area (Å²) in [4.78, 5) is 4.18. The smallest absolute Gasteiger partial charge is 0.140 e. The quantitative estimate of drug-likeness (QED) is 0.693. The predicted octanol–water partition coefficient (Wildman–Crippen LogP) is 0.549. The Kier molecular flexibility index (Phi) is 5.28. The first-order valence-corrected chi connectivity index (χ1v) is 5.48. The van der Waals surface area contributed by atoms with Gasteiger partial charge in [0.15, 0.2) is 0 Å². The molecule has 1 atom stereocenters. The van der Waals surface area contributed by atoms with Crippen molar-refractivity contribution in [3.8, 4) is 0 Å². The largest absolute Gasteiger partial charge is 0.396 e. The summed E-state index contributed by atoms with van der Waals surface area (Å²) in [7, 11) is 0. The van der Waals surface area contributed by atoms with Crippen LogP contribution < -0.4 is 5.32 Å². The van der Waals surface area contributed by atoms with Crippen molar-refractivity contribution in [1.82, 2.24) is 20.1 Å². The molecular formula is C10H20N4O. The van der Waals surface area contributed by atoms with Crippen molar-refractivity contribution in [2.75, 3.05) is 6.61 Å². The monoisotopic (exact) mass is 212 g/mol. The molecule has 0 saturated heterocycles. The van der Waals surface area contributed by atoms with Gasteiger partial charge in [0, 0.05) is 19.2 Å². The third-order valence-corrected chi connectivity index (χ3v) is 2.40. The Balaban J connectivity index is 2.30. The lowest BCUT2D eigenvalue weighted by Crippen LogP contribution is -2.27. The summed E-state index contributed by atoms with van der Waals surface area (Å²) in [5, 5.41) is 16.2. The Labute approximate surface area is 90.5 Å². The van der Waals surface area contributed by atoms with E-state index in [9.17, 15) is 0 Å². The van der Waals surface area contributed by atoms with Crippen LogP contribution in [0.15, 0.2) is 6.33 Å². The zero-order chi connectivity index (χ0) is 11.1. The highest BCUT2D eigenvalue weighted by atomic mass is 16.2. The van der Waals surface area contributed by atoms with Crippen LogP contribution in [-0.2, 0) is 13.1 Å². The molecule has 5 nitrogen and oxygen atoms in total. The maximum atomic E-state index is 8.70. The summed E-state index contributed by atoms with van der Waals surface area (Å²) >= 11 is 0. The van der Waals surface area contributed by atoms with E-state index in [1.165, 1.54) is 0 Å². The summed E-state index contributed by atoms with van der Waals surface area (Å²) in [5.41, 5.74) is 0. The highest BCUT2D eigenvalue weighted by molar-refractivity contribution is 4.84. The molecule has 5 heteroatoms. The van der Waals surface area contributed by atoms with E-state index in [-0.39, 0.29) is 6.61 Å². The third-order valence-electron chi connectivity index (χ3n) is 2.40. The normalized spacial score (nSPS) is 13.0. The van der Waals surface area contributed by atoms with E-state index in [1.807, 2.05) is 11.6 Å². The summed E-state index contributed by atoms with van der Waals surface area (Å²) in [6.45, 7) is 6.01. The predicted molar refractivity (Wildman–Crippen MR) is 58.3 cm³/mol. The fourth-order valence-corrected chi connectivity index (χ4v) is 1.45. The van der Waals surface area contributed by atoms with E-state index in [4.69, 9.17) is 5.11 Å². The van der Waals surface area contributed by atoms with Crippen molar-refractivity contribution >= 4 is 0 Å². The molecule has 0 bridgehead atoms. The van der Waals surface area contributed by atoms with Crippen LogP contribution in [0.3, 0.4) is 0 Å². The van der Waals surface area contributed by atoms with Gasteiger partial charge in [-0.05, 0) is 26.7 Å². The van der Waals surface area contributed by atoms with Crippen molar-refractivity contribution in [1.29, 1.82) is 0 Å². The third kappa shape index (κ3) is 3.97. The number of hydrogen-bond acceptors (Lipinski definition) is 4. The Bertz CT molecular complexity index is 274. The number of aromatic nitrogens is 3. The maximum Gasteiger partial charge on any atom is 0.140 e. The van der Waals surface area contributed by atoms with Gasteiger partial charge in [-0.3, -0.25) is 0 Å². The number of aryl methyl sites for hydroxylation is 1. The fraction of sp³-hybridized carbons (Fsp3) is 0.800. The number of nitrogens with zero attached hydrogens (tertiary/aromatic N) is 3. The molecule has 0 aliphatic rings. The van der Waals surface area contributed by atoms with Gasteiger partial charge >= 0.3 is 0 Å². The topological polar surface area (TPSA) is 63.0 Å². The standard InChI is InChI=1S/C10H20N4O/c1-3-14-10(12-8-13-14)7-11-9(2)5-4-6-15/h8-9,11,15H,3-7H2,1-2H3. The van der Waals surface area contributed by atoms with Gasteiger partial charge in [0.25, 0.3) is 0 Å². The highest BCUT2D eigenvalue weighted by Crippen LogP contribution is 1.98. The highest BCUT2D eigenvalue weighted by Gasteiger charge is 2.05. The van der Waals surface area contributed by atoms with Gasteiger partial charge in [-0.25, -0.2) is 9.67 Å². The lowest BCUT2D eigenvalue weighted by Gasteiger charge is -2.12. The molecule has 0 amide bonds. The second kappa shape index (κ2) is 6.53. The van der Waals surface area contributed by atoms with Crippen LogP contribution in [0.5, 0.6) is 0 Å². The average Bonchev–Trinajstić information content (AvgIpc) is 2.70. The van der Waals surface area contributed by atoms with E-state index >= 15 is 0 Å². The molecule has 2 N–H and O–H groups in total. The molecule has 1 rings (SSSR count). The van der Waals surface area contributed by atoms with E-state index in [0.29, 0.717) is 6.04 Å². The van der Waals surface area contributed by atoms with Crippen molar-refractivity contribution in [2.24, 2.45) is 0 Å². The molecule has 0 fully saturated rings. The first-order valence-electron chi connectivity index (χ1n) is 5.48. The minimum absolute atomic E-state index is 0.261. The van der Waals surface area contributed by atoms with Crippen LogP contribution in [0.25, 0.3) is 0 Å². The Morgan fingerprint density at radius 1 is 1.60 bits per heavy atom. The van der Waals surface area contributed by atoms with Crippen LogP contribution in [0.2, 0.25) is 0 Å². The number of aliphatic hydroxyl groups excluding tert-OH is 1. The van der Waals surface area contributed by atoms with Gasteiger partial charge in [0.05, 0.1) is 6.54 Å². The fourth-order valence-electron chi connectivity index (χ4n) is 1.45. The van der Waals surface area contributed by atoms with Gasteiger partial charge in [0.1, 0.15) is 12.2 Å². The second-order valence-electron chi connectivity index (χ2n) is 3.64. The molecule has 0 radical (unpaired) electrons. The summed E-state index contributed by atoms with van der Waals surface area (Å²) in [6, 6.07) is 0.402. The molecule has 86 valence electrons. The SMILES string of the molecule is CCn1ncnc1CNC(C)CCCO. The molecule has 1 aromatic rings. The first kappa shape index (κ1) is 12.1.